The van der Waals surface area contributed by atoms with Crippen LogP contribution in [0.15, 0.2) is 42.5 Å². The molecule has 1 fully saturated rings. The minimum Gasteiger partial charge on any atom is -0.371 e. The van der Waals surface area contributed by atoms with Gasteiger partial charge in [0.15, 0.2) is 0 Å². The maximum Gasteiger partial charge on any atom is 0.253 e. The molecule has 1 aliphatic rings. The predicted molar refractivity (Wildman–Crippen MR) is 118 cm³/mol. The van der Waals surface area contributed by atoms with Crippen molar-refractivity contribution in [3.8, 4) is 0 Å². The van der Waals surface area contributed by atoms with Gasteiger partial charge in [-0.25, -0.2) is 12.8 Å². The molecule has 31 heavy (non-hydrogen) atoms. The first-order valence-corrected chi connectivity index (χ1v) is 11.7. The van der Waals surface area contributed by atoms with Crippen LogP contribution in [0.2, 0.25) is 0 Å². The molecule has 1 heterocycles. The number of halogens is 1. The lowest BCUT2D eigenvalue weighted by molar-refractivity contribution is -0.114. The number of nitrogens with one attached hydrogen (secondary N) is 3. The van der Waals surface area contributed by atoms with Gasteiger partial charge in [-0.3, -0.25) is 14.3 Å². The van der Waals surface area contributed by atoms with Crippen LogP contribution in [0.3, 0.4) is 0 Å². The molecule has 3 N–H and O–H groups in total. The summed E-state index contributed by atoms with van der Waals surface area (Å²) in [5, 5.41) is 5.44. The summed E-state index contributed by atoms with van der Waals surface area (Å²) in [6.07, 6.45) is 1.86. The van der Waals surface area contributed by atoms with Gasteiger partial charge in [-0.05, 0) is 54.8 Å². The summed E-state index contributed by atoms with van der Waals surface area (Å²) in [5.41, 5.74) is 1.57. The van der Waals surface area contributed by atoms with Crippen molar-refractivity contribution >= 4 is 38.9 Å². The molecule has 1 unspecified atom stereocenters. The van der Waals surface area contributed by atoms with Crippen molar-refractivity contribution in [3.63, 3.8) is 0 Å². The summed E-state index contributed by atoms with van der Waals surface area (Å²) in [7, 11) is -3.59. The van der Waals surface area contributed by atoms with E-state index >= 15 is 0 Å². The first kappa shape index (κ1) is 22.5. The number of rotatable bonds is 7. The zero-order chi connectivity index (χ0) is 22.6. The van der Waals surface area contributed by atoms with Crippen molar-refractivity contribution in [2.24, 2.45) is 5.92 Å². The van der Waals surface area contributed by atoms with E-state index in [4.69, 9.17) is 0 Å². The number of benzene rings is 2. The van der Waals surface area contributed by atoms with Gasteiger partial charge in [-0.15, -0.1) is 0 Å². The molecule has 0 spiro atoms. The molecule has 0 saturated carbocycles. The summed E-state index contributed by atoms with van der Waals surface area (Å²) < 4.78 is 38.8. The topological polar surface area (TPSA) is 108 Å². The van der Waals surface area contributed by atoms with Crippen molar-refractivity contribution in [2.45, 2.75) is 13.3 Å². The van der Waals surface area contributed by atoms with E-state index in [0.717, 1.165) is 24.9 Å². The van der Waals surface area contributed by atoms with E-state index in [1.54, 1.807) is 12.1 Å². The molecule has 10 heteroatoms. The van der Waals surface area contributed by atoms with E-state index in [9.17, 15) is 22.4 Å². The molecule has 2 amide bonds. The number of carbonyl (C=O) groups is 2. The Balaban J connectivity index is 1.67. The van der Waals surface area contributed by atoms with Crippen molar-refractivity contribution < 1.29 is 22.4 Å². The standard InChI is InChI=1S/C21H25FN4O4S/c1-14(27)24-17-5-8-20(25-31(2,29)30)19(11-17)21(28)23-12-15-9-10-26(13-15)18-6-3-16(22)4-7-18/h3-8,11,15,25H,9-10,12-13H2,1-2H3,(H,23,28)(H,24,27). The highest BCUT2D eigenvalue weighted by Crippen LogP contribution is 2.25. The predicted octanol–water partition coefficient (Wildman–Crippen LogP) is 2.41. The Hall–Kier alpha value is -3.14. The number of nitrogens with zero attached hydrogens (tertiary/aromatic N) is 1. The maximum atomic E-state index is 13.1. The molecule has 2 aromatic carbocycles. The molecule has 1 aliphatic heterocycles. The van der Waals surface area contributed by atoms with Gasteiger partial charge in [0.1, 0.15) is 5.82 Å². The SMILES string of the molecule is CC(=O)Nc1ccc(NS(C)(=O)=O)c(C(=O)NCC2CCN(c3ccc(F)cc3)C2)c1. The fraction of sp³-hybridized carbons (Fsp3) is 0.333. The quantitative estimate of drug-likeness (QED) is 0.603. The summed E-state index contributed by atoms with van der Waals surface area (Å²) >= 11 is 0. The zero-order valence-electron chi connectivity index (χ0n) is 17.3. The zero-order valence-corrected chi connectivity index (χ0v) is 18.1. The van der Waals surface area contributed by atoms with Crippen molar-refractivity contribution in [2.75, 3.05) is 40.8 Å². The Morgan fingerprint density at radius 1 is 1.16 bits per heavy atom. The Labute approximate surface area is 180 Å². The average Bonchev–Trinajstić information content (AvgIpc) is 3.15. The third-order valence-corrected chi connectivity index (χ3v) is 5.50. The molecule has 0 aliphatic carbocycles. The van der Waals surface area contributed by atoms with E-state index in [-0.39, 0.29) is 28.9 Å². The highest BCUT2D eigenvalue weighted by Gasteiger charge is 2.24. The largest absolute Gasteiger partial charge is 0.371 e. The molecule has 1 saturated heterocycles. The second kappa shape index (κ2) is 9.34. The van der Waals surface area contributed by atoms with Gasteiger partial charge in [0.25, 0.3) is 5.91 Å². The van der Waals surface area contributed by atoms with Crippen LogP contribution in [-0.4, -0.2) is 46.1 Å². The monoisotopic (exact) mass is 448 g/mol. The fourth-order valence-corrected chi connectivity index (χ4v) is 4.10. The van der Waals surface area contributed by atoms with Crippen LogP contribution in [0.25, 0.3) is 0 Å². The van der Waals surface area contributed by atoms with Gasteiger partial charge in [-0.1, -0.05) is 0 Å². The summed E-state index contributed by atoms with van der Waals surface area (Å²) in [6.45, 7) is 3.26. The van der Waals surface area contributed by atoms with Crippen molar-refractivity contribution in [3.05, 3.63) is 53.8 Å². The van der Waals surface area contributed by atoms with Crippen molar-refractivity contribution in [1.82, 2.24) is 5.32 Å². The number of hydrogen-bond acceptors (Lipinski definition) is 5. The lowest BCUT2D eigenvalue weighted by atomic mass is 10.1. The number of anilines is 3. The normalized spacial score (nSPS) is 16.1. The van der Waals surface area contributed by atoms with Gasteiger partial charge in [0.05, 0.1) is 17.5 Å². The Morgan fingerprint density at radius 2 is 1.87 bits per heavy atom. The third-order valence-electron chi connectivity index (χ3n) is 4.91. The molecular formula is C21H25FN4O4S. The van der Waals surface area contributed by atoms with Crippen LogP contribution in [0.1, 0.15) is 23.7 Å². The highest BCUT2D eigenvalue weighted by atomic mass is 32.2. The molecular weight excluding hydrogens is 423 g/mol. The van der Waals surface area contributed by atoms with E-state index < -0.39 is 15.9 Å². The summed E-state index contributed by atoms with van der Waals surface area (Å²) in [5.74, 6) is -0.841. The van der Waals surface area contributed by atoms with E-state index in [1.165, 1.54) is 37.3 Å². The average molecular weight is 449 g/mol. The van der Waals surface area contributed by atoms with Crippen LogP contribution < -0.4 is 20.3 Å². The second-order valence-electron chi connectivity index (χ2n) is 7.60. The van der Waals surface area contributed by atoms with Crippen LogP contribution in [0.5, 0.6) is 0 Å². The molecule has 3 rings (SSSR count). The van der Waals surface area contributed by atoms with Crippen LogP contribution in [0, 0.1) is 11.7 Å². The lowest BCUT2D eigenvalue weighted by Gasteiger charge is -2.19. The van der Waals surface area contributed by atoms with E-state index in [2.05, 4.69) is 20.3 Å². The first-order valence-electron chi connectivity index (χ1n) is 9.79. The van der Waals surface area contributed by atoms with E-state index in [1.807, 2.05) is 0 Å². The summed E-state index contributed by atoms with van der Waals surface area (Å²) in [4.78, 5) is 26.3. The minimum atomic E-state index is -3.59. The van der Waals surface area contributed by atoms with Crippen LogP contribution >= 0.6 is 0 Å². The van der Waals surface area contributed by atoms with Gasteiger partial charge in [0, 0.05) is 37.9 Å². The minimum absolute atomic E-state index is 0.116. The number of hydrogen-bond donors (Lipinski definition) is 3. The third kappa shape index (κ3) is 6.42. The second-order valence-corrected chi connectivity index (χ2v) is 9.35. The van der Waals surface area contributed by atoms with Gasteiger partial charge >= 0.3 is 0 Å². The smallest absolute Gasteiger partial charge is 0.253 e. The molecule has 1 atom stereocenters. The lowest BCUT2D eigenvalue weighted by Crippen LogP contribution is -2.31. The summed E-state index contributed by atoms with van der Waals surface area (Å²) in [6, 6.07) is 10.7. The van der Waals surface area contributed by atoms with Crippen LogP contribution in [0.4, 0.5) is 21.5 Å². The fourth-order valence-electron chi connectivity index (χ4n) is 3.52. The van der Waals surface area contributed by atoms with Crippen LogP contribution in [-0.2, 0) is 14.8 Å². The number of carbonyl (C=O) groups excluding carboxylic acids is 2. The highest BCUT2D eigenvalue weighted by molar-refractivity contribution is 7.92. The Morgan fingerprint density at radius 3 is 2.52 bits per heavy atom. The van der Waals surface area contributed by atoms with E-state index in [0.29, 0.717) is 18.8 Å². The van der Waals surface area contributed by atoms with Crippen molar-refractivity contribution in [1.29, 1.82) is 0 Å². The Bertz CT molecular complexity index is 1070. The van der Waals surface area contributed by atoms with Gasteiger partial charge in [0.2, 0.25) is 15.9 Å². The Kier molecular flexibility index (Phi) is 6.79. The molecule has 0 radical (unpaired) electrons. The molecule has 0 bridgehead atoms. The molecule has 166 valence electrons. The number of amides is 2. The van der Waals surface area contributed by atoms with Gasteiger partial charge in [-0.2, -0.15) is 0 Å². The maximum absolute atomic E-state index is 13.1. The van der Waals surface area contributed by atoms with Gasteiger partial charge < -0.3 is 15.5 Å². The first-order chi connectivity index (χ1) is 14.6. The molecule has 2 aromatic rings. The molecule has 8 nitrogen and oxygen atoms in total. The molecule has 0 aromatic heterocycles. The number of sulfonamides is 1.